The highest BCUT2D eigenvalue weighted by Crippen LogP contribution is 2.26. The molecule has 9 aromatic heterocycles. The molecule has 60 heavy (non-hydrogen) atoms. The van der Waals surface area contributed by atoms with Crippen molar-refractivity contribution in [2.45, 2.75) is 98.8 Å². The molecule has 0 aliphatic rings. The van der Waals surface area contributed by atoms with E-state index in [9.17, 15) is 0 Å². The summed E-state index contributed by atoms with van der Waals surface area (Å²) in [5, 5.41) is 24.1. The van der Waals surface area contributed by atoms with Crippen LogP contribution in [0.3, 0.4) is 0 Å². The van der Waals surface area contributed by atoms with Gasteiger partial charge in [-0.15, -0.1) is 0 Å². The summed E-state index contributed by atoms with van der Waals surface area (Å²) in [6, 6.07) is 19.3. The fourth-order valence-electron chi connectivity index (χ4n) is 6.16. The highest BCUT2D eigenvalue weighted by Gasteiger charge is 2.14. The van der Waals surface area contributed by atoms with E-state index < -0.39 is 0 Å². The molecule has 0 fully saturated rings. The van der Waals surface area contributed by atoms with Crippen molar-refractivity contribution in [1.82, 2.24) is 45.7 Å². The minimum Gasteiger partial charge on any atom is -0.356 e. The van der Waals surface area contributed by atoms with Gasteiger partial charge in [0.1, 0.15) is 11.2 Å². The summed E-state index contributed by atoms with van der Waals surface area (Å²) in [4.78, 5) is 16.2. The Morgan fingerprint density at radius 3 is 1.48 bits per heavy atom. The maximum Gasteiger partial charge on any atom is 0.257 e. The van der Waals surface area contributed by atoms with Crippen LogP contribution in [0.4, 0.5) is 0 Å². The van der Waals surface area contributed by atoms with Crippen LogP contribution in [0.2, 0.25) is 0 Å². The number of rotatable bonds is 5. The SMILES string of the molecule is CC(C)c1noc2ccccc12.CC(C)c1noc2cccnc12.CC(C)c1noc2ccncc12.CC(C)c1noc2cnccc12.CC(C)c1noc2ncccc12. The van der Waals surface area contributed by atoms with E-state index >= 15 is 0 Å². The van der Waals surface area contributed by atoms with Crippen LogP contribution in [-0.2, 0) is 0 Å². The van der Waals surface area contributed by atoms with Crippen molar-refractivity contribution in [3.8, 4) is 0 Å². The molecular formula is C46H51N9O5. The second-order valence-electron chi connectivity index (χ2n) is 15.6. The maximum absolute atomic E-state index is 5.16. The zero-order valence-corrected chi connectivity index (χ0v) is 35.7. The third-order valence-electron chi connectivity index (χ3n) is 9.28. The second kappa shape index (κ2) is 19.7. The van der Waals surface area contributed by atoms with Crippen LogP contribution in [0.15, 0.2) is 120 Å². The molecule has 0 unspecified atom stereocenters. The molecule has 0 N–H and O–H groups in total. The molecule has 14 heteroatoms. The molecular weight excluding hydrogens is 759 g/mol. The van der Waals surface area contributed by atoms with Crippen LogP contribution in [0, 0.1) is 0 Å². The van der Waals surface area contributed by atoms with E-state index in [0.717, 1.165) is 77.9 Å². The van der Waals surface area contributed by atoms with Crippen molar-refractivity contribution in [2.75, 3.05) is 0 Å². The molecule has 10 rings (SSSR count). The summed E-state index contributed by atoms with van der Waals surface area (Å²) in [5.41, 5.74) is 9.69. The Labute approximate surface area is 347 Å². The Hall–Kier alpha value is -6.83. The summed E-state index contributed by atoms with van der Waals surface area (Å²) in [6.45, 7) is 20.9. The third-order valence-corrected chi connectivity index (χ3v) is 9.28. The van der Waals surface area contributed by atoms with Gasteiger partial charge in [-0.3, -0.25) is 15.0 Å². The summed E-state index contributed by atoms with van der Waals surface area (Å²) < 4.78 is 25.5. The smallest absolute Gasteiger partial charge is 0.257 e. The van der Waals surface area contributed by atoms with E-state index in [1.807, 2.05) is 60.7 Å². The van der Waals surface area contributed by atoms with Gasteiger partial charge in [0.2, 0.25) is 0 Å². The van der Waals surface area contributed by atoms with Crippen LogP contribution in [0.25, 0.3) is 55.1 Å². The predicted octanol–water partition coefficient (Wildman–Crippen LogP) is 12.3. The van der Waals surface area contributed by atoms with Gasteiger partial charge in [0.05, 0.1) is 39.7 Å². The van der Waals surface area contributed by atoms with E-state index in [-0.39, 0.29) is 0 Å². The van der Waals surface area contributed by atoms with Crippen LogP contribution < -0.4 is 0 Å². The lowest BCUT2D eigenvalue weighted by Gasteiger charge is -1.96. The predicted molar refractivity (Wildman–Crippen MR) is 232 cm³/mol. The quantitative estimate of drug-likeness (QED) is 0.160. The van der Waals surface area contributed by atoms with Gasteiger partial charge in [0, 0.05) is 53.7 Å². The van der Waals surface area contributed by atoms with Gasteiger partial charge in [0.25, 0.3) is 5.71 Å². The first-order valence-electron chi connectivity index (χ1n) is 20.1. The van der Waals surface area contributed by atoms with Gasteiger partial charge >= 0.3 is 0 Å². The van der Waals surface area contributed by atoms with Crippen molar-refractivity contribution in [2.24, 2.45) is 0 Å². The molecule has 0 bridgehead atoms. The molecule has 0 saturated heterocycles. The summed E-state index contributed by atoms with van der Waals surface area (Å²) >= 11 is 0. The van der Waals surface area contributed by atoms with Gasteiger partial charge in [-0.05, 0) is 66.1 Å². The number of hydrogen-bond donors (Lipinski definition) is 0. The van der Waals surface area contributed by atoms with Crippen molar-refractivity contribution in [3.05, 3.63) is 126 Å². The van der Waals surface area contributed by atoms with Gasteiger partial charge < -0.3 is 22.6 Å². The average molecular weight is 810 g/mol. The molecule has 1 aromatic carbocycles. The monoisotopic (exact) mass is 809 g/mol. The van der Waals surface area contributed by atoms with Crippen LogP contribution in [0.1, 0.15) is 127 Å². The number of fused-ring (bicyclic) bond motifs is 5. The van der Waals surface area contributed by atoms with Gasteiger partial charge in [-0.1, -0.05) is 107 Å². The lowest BCUT2D eigenvalue weighted by atomic mass is 10.1. The van der Waals surface area contributed by atoms with Crippen molar-refractivity contribution < 1.29 is 22.6 Å². The molecule has 10 aromatic rings. The molecule has 0 aliphatic heterocycles. The molecule has 9 heterocycles. The Morgan fingerprint density at radius 1 is 0.350 bits per heavy atom. The highest BCUT2D eigenvalue weighted by atomic mass is 16.5. The number of benzene rings is 1. The lowest BCUT2D eigenvalue weighted by molar-refractivity contribution is 0.434. The zero-order chi connectivity index (χ0) is 42.8. The van der Waals surface area contributed by atoms with Gasteiger partial charge in [0.15, 0.2) is 22.3 Å². The molecule has 0 amide bonds. The van der Waals surface area contributed by atoms with E-state index in [4.69, 9.17) is 22.6 Å². The number of nitrogens with zero attached hydrogens (tertiary/aromatic N) is 9. The Bertz CT molecular complexity index is 2410. The van der Waals surface area contributed by atoms with E-state index in [0.29, 0.717) is 35.3 Å². The first-order chi connectivity index (χ1) is 28.9. The van der Waals surface area contributed by atoms with Gasteiger partial charge in [-0.2, -0.15) is 0 Å². The van der Waals surface area contributed by atoms with Crippen molar-refractivity contribution >= 4 is 55.1 Å². The molecule has 0 saturated carbocycles. The largest absolute Gasteiger partial charge is 0.356 e. The van der Waals surface area contributed by atoms with Crippen LogP contribution in [-0.4, -0.2) is 45.7 Å². The number of pyridine rings is 4. The lowest BCUT2D eigenvalue weighted by Crippen LogP contribution is -1.88. The molecule has 0 radical (unpaired) electrons. The minimum atomic E-state index is 0.362. The molecule has 0 atom stereocenters. The van der Waals surface area contributed by atoms with Crippen LogP contribution in [0.5, 0.6) is 0 Å². The summed E-state index contributed by atoms with van der Waals surface area (Å²) in [5.74, 6) is 1.95. The first kappa shape index (κ1) is 42.8. The second-order valence-corrected chi connectivity index (χ2v) is 15.6. The minimum absolute atomic E-state index is 0.362. The average Bonchev–Trinajstić information content (AvgIpc) is 4.10. The standard InChI is InChI=1S/C10H11NO.4C9H10N2O/c1-7(2)10-8-5-3-4-6-9(8)12-11-10;1-6(2)9-7-5-10-4-3-8(7)12-11-9;1-6(2)9-7-3-4-10-5-8(7)12-11-9;1-6(2)8-9-7(12-11-8)4-3-5-10-9;1-6(2)8-7-4-3-5-10-9(7)12-11-8/h3-7H,1-2H3;4*3-6H,1-2H3. The summed E-state index contributed by atoms with van der Waals surface area (Å²) in [6.07, 6.45) is 10.4. The van der Waals surface area contributed by atoms with Gasteiger partial charge in [-0.25, -0.2) is 4.98 Å². The van der Waals surface area contributed by atoms with Crippen molar-refractivity contribution in [3.63, 3.8) is 0 Å². The molecule has 0 spiro atoms. The molecule has 0 aliphatic carbocycles. The topological polar surface area (TPSA) is 182 Å². The fraction of sp³-hybridized carbons (Fsp3) is 0.326. The number of hydrogen-bond acceptors (Lipinski definition) is 14. The van der Waals surface area contributed by atoms with Crippen LogP contribution >= 0.6 is 0 Å². The van der Waals surface area contributed by atoms with E-state index in [2.05, 4.69) is 115 Å². The fourth-order valence-corrected chi connectivity index (χ4v) is 6.16. The molecule has 14 nitrogen and oxygen atoms in total. The molecule has 310 valence electrons. The highest BCUT2D eigenvalue weighted by molar-refractivity contribution is 5.80. The Morgan fingerprint density at radius 2 is 0.800 bits per heavy atom. The van der Waals surface area contributed by atoms with E-state index in [1.165, 1.54) is 0 Å². The summed E-state index contributed by atoms with van der Waals surface area (Å²) in [7, 11) is 0. The zero-order valence-electron chi connectivity index (χ0n) is 35.7. The third kappa shape index (κ3) is 10.1. The first-order valence-corrected chi connectivity index (χ1v) is 20.1. The number of aromatic nitrogens is 9. The van der Waals surface area contributed by atoms with E-state index in [1.54, 1.807) is 37.2 Å². The Kier molecular flexibility index (Phi) is 14.1. The maximum atomic E-state index is 5.16. The normalized spacial score (nSPS) is 11.2. The van der Waals surface area contributed by atoms with Crippen molar-refractivity contribution in [1.29, 1.82) is 0 Å². The number of para-hydroxylation sites is 1. The Balaban J connectivity index is 0.000000126.